The Balaban J connectivity index is 1.78. The van der Waals surface area contributed by atoms with Gasteiger partial charge >= 0.3 is 0 Å². The molecule has 3 aromatic rings. The lowest BCUT2D eigenvalue weighted by Gasteiger charge is -2.16. The second-order valence-electron chi connectivity index (χ2n) is 7.19. The third-order valence-corrected chi connectivity index (χ3v) is 5.13. The van der Waals surface area contributed by atoms with E-state index in [1.54, 1.807) is 12.1 Å². The largest absolute Gasteiger partial charge is 0.350 e. The topological polar surface area (TPSA) is 51.1 Å². The summed E-state index contributed by atoms with van der Waals surface area (Å²) in [6, 6.07) is 17.7. The second kappa shape index (κ2) is 8.86. The molecular formula is C24H25FN2O2. The Bertz CT molecular complexity index is 1010. The van der Waals surface area contributed by atoms with Crippen molar-refractivity contribution in [1.29, 1.82) is 0 Å². The molecule has 0 spiro atoms. The second-order valence-corrected chi connectivity index (χ2v) is 7.19. The molecule has 0 saturated heterocycles. The zero-order valence-corrected chi connectivity index (χ0v) is 16.9. The molecule has 1 heterocycles. The number of amides is 1. The van der Waals surface area contributed by atoms with E-state index in [4.69, 9.17) is 0 Å². The van der Waals surface area contributed by atoms with Gasteiger partial charge < -0.3 is 9.88 Å². The molecule has 0 unspecified atom stereocenters. The molecule has 0 saturated carbocycles. The zero-order valence-electron chi connectivity index (χ0n) is 16.9. The molecule has 0 aliphatic heterocycles. The average Bonchev–Trinajstić information content (AvgIpc) is 3.04. The molecule has 0 fully saturated rings. The van der Waals surface area contributed by atoms with Gasteiger partial charge in [0.2, 0.25) is 5.91 Å². The highest BCUT2D eigenvalue weighted by Gasteiger charge is 2.17. The normalized spacial score (nSPS) is 11.9. The summed E-state index contributed by atoms with van der Waals surface area (Å²) in [6.45, 7) is 5.77. The quantitative estimate of drug-likeness (QED) is 0.571. The van der Waals surface area contributed by atoms with Crippen LogP contribution in [0.25, 0.3) is 11.3 Å². The first kappa shape index (κ1) is 20.5. The van der Waals surface area contributed by atoms with Gasteiger partial charge in [-0.05, 0) is 62.2 Å². The van der Waals surface area contributed by atoms with Crippen molar-refractivity contribution in [3.63, 3.8) is 0 Å². The van der Waals surface area contributed by atoms with Gasteiger partial charge in [-0.1, -0.05) is 30.3 Å². The summed E-state index contributed by atoms with van der Waals surface area (Å²) in [5.74, 6) is -0.416. The van der Waals surface area contributed by atoms with Crippen LogP contribution in [0.1, 0.15) is 47.9 Å². The molecule has 2 aromatic carbocycles. The maximum Gasteiger partial charge on any atom is 0.222 e. The summed E-state index contributed by atoms with van der Waals surface area (Å²) < 4.78 is 15.3. The number of carbonyl (C=O) groups is 2. The molecule has 5 heteroatoms. The van der Waals surface area contributed by atoms with Crippen LogP contribution in [0.2, 0.25) is 0 Å². The summed E-state index contributed by atoms with van der Waals surface area (Å²) in [6.07, 6.45) is 0.276. The predicted octanol–water partition coefficient (Wildman–Crippen LogP) is 5.07. The van der Waals surface area contributed by atoms with E-state index in [2.05, 4.69) is 5.32 Å². The fourth-order valence-electron chi connectivity index (χ4n) is 3.50. The smallest absolute Gasteiger partial charge is 0.222 e. The average molecular weight is 392 g/mol. The van der Waals surface area contributed by atoms with Gasteiger partial charge in [0.25, 0.3) is 0 Å². The van der Waals surface area contributed by atoms with Crippen LogP contribution < -0.4 is 5.32 Å². The molecule has 0 aliphatic rings. The van der Waals surface area contributed by atoms with E-state index in [9.17, 15) is 14.0 Å². The van der Waals surface area contributed by atoms with Gasteiger partial charge in [0.05, 0.1) is 6.04 Å². The van der Waals surface area contributed by atoms with Gasteiger partial charge in [0.15, 0.2) is 5.78 Å². The molecule has 3 rings (SSSR count). The van der Waals surface area contributed by atoms with Crippen molar-refractivity contribution < 1.29 is 14.0 Å². The molecule has 1 amide bonds. The molecule has 4 nitrogen and oxygen atoms in total. The minimum atomic E-state index is -0.315. The van der Waals surface area contributed by atoms with Gasteiger partial charge in [-0.3, -0.25) is 9.59 Å². The van der Waals surface area contributed by atoms with Crippen LogP contribution in [0.4, 0.5) is 4.39 Å². The standard InChI is InChI=1S/C24H25FN2O2/c1-16(19-7-5-4-6-8-19)26-24(29)13-14-27-17(2)22(18(3)28)15-23(27)20-9-11-21(25)12-10-20/h4-12,15-16H,13-14H2,1-3H3,(H,26,29)/t16-/m1/s1. The number of carbonyl (C=O) groups excluding carboxylic acids is 2. The third kappa shape index (κ3) is 4.80. The van der Waals surface area contributed by atoms with Crippen molar-refractivity contribution in [3.05, 3.63) is 83.3 Å². The first-order chi connectivity index (χ1) is 13.9. The van der Waals surface area contributed by atoms with Gasteiger partial charge in [-0.15, -0.1) is 0 Å². The van der Waals surface area contributed by atoms with Crippen molar-refractivity contribution in [2.24, 2.45) is 0 Å². The number of Topliss-reactive ketones (excluding diaryl/α,β-unsaturated/α-hetero) is 1. The molecule has 1 N–H and O–H groups in total. The Hall–Kier alpha value is -3.21. The van der Waals surface area contributed by atoms with E-state index in [0.29, 0.717) is 12.1 Å². The highest BCUT2D eigenvalue weighted by molar-refractivity contribution is 5.96. The Labute approximate surface area is 170 Å². The van der Waals surface area contributed by atoms with E-state index in [-0.39, 0.29) is 30.0 Å². The van der Waals surface area contributed by atoms with E-state index >= 15 is 0 Å². The van der Waals surface area contributed by atoms with Crippen LogP contribution in [-0.4, -0.2) is 16.3 Å². The van der Waals surface area contributed by atoms with Crippen molar-refractivity contribution in [3.8, 4) is 11.3 Å². The lowest BCUT2D eigenvalue weighted by Crippen LogP contribution is -2.27. The number of ketones is 1. The number of halogens is 1. The van der Waals surface area contributed by atoms with E-state index < -0.39 is 0 Å². The Kier molecular flexibility index (Phi) is 6.27. The van der Waals surface area contributed by atoms with Gasteiger partial charge in [0, 0.05) is 29.9 Å². The van der Waals surface area contributed by atoms with E-state index in [0.717, 1.165) is 22.5 Å². The van der Waals surface area contributed by atoms with Crippen LogP contribution in [0.15, 0.2) is 60.7 Å². The number of aromatic nitrogens is 1. The minimum absolute atomic E-state index is 0.0354. The van der Waals surface area contributed by atoms with Crippen LogP contribution in [0.3, 0.4) is 0 Å². The van der Waals surface area contributed by atoms with E-state index in [1.807, 2.05) is 54.8 Å². The number of hydrogen-bond donors (Lipinski definition) is 1. The summed E-state index contributed by atoms with van der Waals surface area (Å²) in [4.78, 5) is 24.5. The zero-order chi connectivity index (χ0) is 21.0. The number of rotatable bonds is 7. The lowest BCUT2D eigenvalue weighted by molar-refractivity contribution is -0.121. The van der Waals surface area contributed by atoms with Crippen LogP contribution in [0.5, 0.6) is 0 Å². The van der Waals surface area contributed by atoms with Crippen molar-refractivity contribution in [2.75, 3.05) is 0 Å². The first-order valence-electron chi connectivity index (χ1n) is 9.68. The molecule has 0 bridgehead atoms. The number of benzene rings is 2. The summed E-state index contributed by atoms with van der Waals surface area (Å²) in [5, 5.41) is 3.01. The lowest BCUT2D eigenvalue weighted by atomic mass is 10.1. The maximum atomic E-state index is 13.3. The molecule has 29 heavy (non-hydrogen) atoms. The van der Waals surface area contributed by atoms with Gasteiger partial charge in [-0.2, -0.15) is 0 Å². The Morgan fingerprint density at radius 3 is 2.34 bits per heavy atom. The van der Waals surface area contributed by atoms with E-state index in [1.165, 1.54) is 19.1 Å². The maximum absolute atomic E-state index is 13.3. The van der Waals surface area contributed by atoms with Gasteiger partial charge in [-0.25, -0.2) is 4.39 Å². The highest BCUT2D eigenvalue weighted by Crippen LogP contribution is 2.27. The molecule has 150 valence electrons. The molecular weight excluding hydrogens is 367 g/mol. The number of nitrogens with one attached hydrogen (secondary N) is 1. The monoisotopic (exact) mass is 392 g/mol. The minimum Gasteiger partial charge on any atom is -0.350 e. The van der Waals surface area contributed by atoms with Crippen molar-refractivity contribution >= 4 is 11.7 Å². The Morgan fingerprint density at radius 2 is 1.72 bits per heavy atom. The first-order valence-corrected chi connectivity index (χ1v) is 9.68. The molecule has 0 radical (unpaired) electrons. The number of nitrogens with zero attached hydrogens (tertiary/aromatic N) is 1. The fraction of sp³-hybridized carbons (Fsp3) is 0.250. The molecule has 1 aromatic heterocycles. The Morgan fingerprint density at radius 1 is 1.07 bits per heavy atom. The molecule has 0 aliphatic carbocycles. The van der Waals surface area contributed by atoms with Crippen LogP contribution in [0, 0.1) is 12.7 Å². The van der Waals surface area contributed by atoms with Crippen LogP contribution >= 0.6 is 0 Å². The van der Waals surface area contributed by atoms with Crippen LogP contribution in [-0.2, 0) is 11.3 Å². The van der Waals surface area contributed by atoms with Gasteiger partial charge in [0.1, 0.15) is 5.82 Å². The number of hydrogen-bond acceptors (Lipinski definition) is 2. The van der Waals surface area contributed by atoms with Crippen molar-refractivity contribution in [2.45, 2.75) is 39.8 Å². The predicted molar refractivity (Wildman–Crippen MR) is 112 cm³/mol. The summed E-state index contributed by atoms with van der Waals surface area (Å²) in [5.41, 5.74) is 4.07. The third-order valence-electron chi connectivity index (χ3n) is 5.13. The molecule has 1 atom stereocenters. The fourth-order valence-corrected chi connectivity index (χ4v) is 3.50. The summed E-state index contributed by atoms with van der Waals surface area (Å²) >= 11 is 0. The van der Waals surface area contributed by atoms with Crippen molar-refractivity contribution in [1.82, 2.24) is 9.88 Å². The highest BCUT2D eigenvalue weighted by atomic mass is 19.1. The summed E-state index contributed by atoms with van der Waals surface area (Å²) in [7, 11) is 0. The SMILES string of the molecule is CC(=O)c1cc(-c2ccc(F)cc2)n(CCC(=O)N[C@H](C)c2ccccc2)c1C.